The largest absolute Gasteiger partial charge is 0.573 e. The van der Waals surface area contributed by atoms with E-state index in [4.69, 9.17) is 4.74 Å². The molecular formula is C14H11F3N2O4. The molecule has 122 valence electrons. The van der Waals surface area contributed by atoms with Gasteiger partial charge in [-0.3, -0.25) is 15.1 Å². The fourth-order valence-electron chi connectivity index (χ4n) is 1.86. The van der Waals surface area contributed by atoms with Gasteiger partial charge in [0.2, 0.25) is 0 Å². The Kier molecular flexibility index (Phi) is 4.68. The molecule has 6 nitrogen and oxygen atoms in total. The first-order valence-electron chi connectivity index (χ1n) is 6.34. The predicted octanol–water partition coefficient (Wildman–Crippen LogP) is 3.78. The van der Waals surface area contributed by atoms with Gasteiger partial charge in [0.25, 0.3) is 5.69 Å². The van der Waals surface area contributed by atoms with Crippen molar-refractivity contribution in [2.24, 2.45) is 0 Å². The number of aromatic nitrogens is 1. The summed E-state index contributed by atoms with van der Waals surface area (Å²) in [6.07, 6.45) is -3.44. The molecule has 0 aliphatic rings. The van der Waals surface area contributed by atoms with Crippen LogP contribution in [0.2, 0.25) is 0 Å². The minimum Gasteiger partial charge on any atom is -0.487 e. The minimum atomic E-state index is -4.96. The lowest BCUT2D eigenvalue weighted by Crippen LogP contribution is -2.19. The summed E-state index contributed by atoms with van der Waals surface area (Å²) in [6, 6.07) is 6.32. The first-order chi connectivity index (χ1) is 10.8. The number of pyridine rings is 1. The molecule has 0 spiro atoms. The number of nitro groups is 1. The summed E-state index contributed by atoms with van der Waals surface area (Å²) < 4.78 is 46.5. The van der Waals surface area contributed by atoms with Crippen LogP contribution in [-0.4, -0.2) is 16.3 Å². The number of hydrogen-bond donors (Lipinski definition) is 0. The lowest BCUT2D eigenvalue weighted by molar-refractivity contribution is -0.386. The number of alkyl halides is 3. The number of ether oxygens (including phenoxy) is 2. The molecule has 0 bridgehead atoms. The molecule has 2 aromatic rings. The fourth-order valence-corrected chi connectivity index (χ4v) is 1.86. The fraction of sp³-hybridized carbons (Fsp3) is 0.214. The summed E-state index contributed by atoms with van der Waals surface area (Å²) in [5.74, 6) is -0.364. The van der Waals surface area contributed by atoms with Crippen LogP contribution in [0, 0.1) is 17.0 Å². The standard InChI is InChI=1S/C14H11F3N2O4/c1-9-12(6-3-7-18-9)22-8-10-11(19(20)21)4-2-5-13(10)23-14(15,16)17/h2-7H,8H2,1H3. The second-order valence-corrected chi connectivity index (χ2v) is 4.43. The maximum absolute atomic E-state index is 12.4. The molecule has 0 fully saturated rings. The maximum Gasteiger partial charge on any atom is 0.573 e. The van der Waals surface area contributed by atoms with E-state index >= 15 is 0 Å². The highest BCUT2D eigenvalue weighted by Gasteiger charge is 2.34. The molecule has 0 N–H and O–H groups in total. The Morgan fingerprint density at radius 1 is 1.22 bits per heavy atom. The lowest BCUT2D eigenvalue weighted by Gasteiger charge is -2.14. The van der Waals surface area contributed by atoms with Crippen LogP contribution >= 0.6 is 0 Å². The van der Waals surface area contributed by atoms with Crippen molar-refractivity contribution in [1.29, 1.82) is 0 Å². The highest BCUT2D eigenvalue weighted by Crippen LogP contribution is 2.33. The van der Waals surface area contributed by atoms with E-state index in [2.05, 4.69) is 9.72 Å². The van der Waals surface area contributed by atoms with E-state index in [0.717, 1.165) is 18.2 Å². The number of hydrogen-bond acceptors (Lipinski definition) is 5. The first kappa shape index (κ1) is 16.5. The van der Waals surface area contributed by atoms with Gasteiger partial charge in [-0.15, -0.1) is 13.2 Å². The molecule has 0 aliphatic heterocycles. The Bertz CT molecular complexity index is 719. The number of nitrogens with zero attached hydrogens (tertiary/aromatic N) is 2. The van der Waals surface area contributed by atoms with Gasteiger partial charge in [0.1, 0.15) is 23.7 Å². The molecule has 0 radical (unpaired) electrons. The third kappa shape index (κ3) is 4.31. The zero-order valence-corrected chi connectivity index (χ0v) is 11.8. The Morgan fingerprint density at radius 3 is 2.52 bits per heavy atom. The Balaban J connectivity index is 2.34. The van der Waals surface area contributed by atoms with Crippen LogP contribution in [0.3, 0.4) is 0 Å². The molecule has 0 saturated heterocycles. The van der Waals surface area contributed by atoms with Crippen molar-refractivity contribution in [3.8, 4) is 11.5 Å². The number of rotatable bonds is 5. The lowest BCUT2D eigenvalue weighted by atomic mass is 10.1. The molecule has 0 saturated carbocycles. The molecule has 2 rings (SSSR count). The average molecular weight is 328 g/mol. The van der Waals surface area contributed by atoms with Crippen LogP contribution in [0.4, 0.5) is 18.9 Å². The van der Waals surface area contributed by atoms with Gasteiger partial charge in [0, 0.05) is 12.3 Å². The van der Waals surface area contributed by atoms with Gasteiger partial charge in [0.15, 0.2) is 0 Å². The van der Waals surface area contributed by atoms with Crippen LogP contribution in [0.5, 0.6) is 11.5 Å². The van der Waals surface area contributed by atoms with E-state index in [9.17, 15) is 23.3 Å². The van der Waals surface area contributed by atoms with E-state index in [1.54, 1.807) is 19.1 Å². The molecule has 0 amide bonds. The third-order valence-corrected chi connectivity index (χ3v) is 2.86. The maximum atomic E-state index is 12.4. The van der Waals surface area contributed by atoms with Gasteiger partial charge in [-0.25, -0.2) is 0 Å². The smallest absolute Gasteiger partial charge is 0.487 e. The van der Waals surface area contributed by atoms with Crippen molar-refractivity contribution < 1.29 is 27.6 Å². The van der Waals surface area contributed by atoms with Crippen molar-refractivity contribution in [1.82, 2.24) is 4.98 Å². The van der Waals surface area contributed by atoms with Crippen molar-refractivity contribution in [3.63, 3.8) is 0 Å². The number of halogens is 3. The van der Waals surface area contributed by atoms with Crippen molar-refractivity contribution in [2.45, 2.75) is 19.9 Å². The van der Waals surface area contributed by atoms with E-state index in [1.165, 1.54) is 6.20 Å². The molecule has 1 aromatic heterocycles. The molecule has 23 heavy (non-hydrogen) atoms. The quantitative estimate of drug-likeness (QED) is 0.617. The number of benzene rings is 1. The van der Waals surface area contributed by atoms with Gasteiger partial charge in [0.05, 0.1) is 10.6 Å². The normalized spacial score (nSPS) is 11.1. The van der Waals surface area contributed by atoms with E-state index in [1.807, 2.05) is 0 Å². The van der Waals surface area contributed by atoms with Crippen LogP contribution in [0.15, 0.2) is 36.5 Å². The highest BCUT2D eigenvalue weighted by atomic mass is 19.4. The topological polar surface area (TPSA) is 74.5 Å². The summed E-state index contributed by atoms with van der Waals surface area (Å²) in [5, 5.41) is 11.0. The van der Waals surface area contributed by atoms with Crippen LogP contribution in [0.1, 0.15) is 11.3 Å². The zero-order chi connectivity index (χ0) is 17.0. The minimum absolute atomic E-state index is 0.307. The molecule has 0 atom stereocenters. The van der Waals surface area contributed by atoms with Crippen molar-refractivity contribution in [2.75, 3.05) is 0 Å². The van der Waals surface area contributed by atoms with Gasteiger partial charge < -0.3 is 9.47 Å². The second-order valence-electron chi connectivity index (χ2n) is 4.43. The highest BCUT2D eigenvalue weighted by molar-refractivity contribution is 5.49. The van der Waals surface area contributed by atoms with Gasteiger partial charge in [-0.2, -0.15) is 0 Å². The number of nitro benzene ring substituents is 1. The molecular weight excluding hydrogens is 317 g/mol. The molecule has 1 aromatic carbocycles. The first-order valence-corrected chi connectivity index (χ1v) is 6.34. The van der Waals surface area contributed by atoms with E-state index < -0.39 is 29.3 Å². The van der Waals surface area contributed by atoms with Crippen molar-refractivity contribution in [3.05, 3.63) is 57.9 Å². The monoisotopic (exact) mass is 328 g/mol. The zero-order valence-electron chi connectivity index (χ0n) is 11.8. The summed E-state index contributed by atoms with van der Waals surface area (Å²) >= 11 is 0. The molecule has 9 heteroatoms. The summed E-state index contributed by atoms with van der Waals surface area (Å²) in [4.78, 5) is 14.2. The van der Waals surface area contributed by atoms with Crippen LogP contribution in [-0.2, 0) is 6.61 Å². The predicted molar refractivity (Wildman–Crippen MR) is 73.1 cm³/mol. The van der Waals surface area contributed by atoms with E-state index in [-0.39, 0.29) is 5.56 Å². The average Bonchev–Trinajstić information content (AvgIpc) is 2.45. The van der Waals surface area contributed by atoms with Gasteiger partial charge in [-0.05, 0) is 25.1 Å². The summed E-state index contributed by atoms with van der Waals surface area (Å²) in [6.45, 7) is 1.18. The number of aryl methyl sites for hydroxylation is 1. The van der Waals surface area contributed by atoms with E-state index in [0.29, 0.717) is 11.4 Å². The van der Waals surface area contributed by atoms with Crippen LogP contribution < -0.4 is 9.47 Å². The van der Waals surface area contributed by atoms with Crippen LogP contribution in [0.25, 0.3) is 0 Å². The Morgan fingerprint density at radius 2 is 1.91 bits per heavy atom. The Labute approximate surface area is 128 Å². The Hall–Kier alpha value is -2.84. The molecule has 0 unspecified atom stereocenters. The molecule has 0 aliphatic carbocycles. The molecule has 1 heterocycles. The second kappa shape index (κ2) is 6.51. The van der Waals surface area contributed by atoms with Crippen molar-refractivity contribution >= 4 is 5.69 Å². The summed E-state index contributed by atoms with van der Waals surface area (Å²) in [7, 11) is 0. The third-order valence-electron chi connectivity index (χ3n) is 2.86. The van der Waals surface area contributed by atoms with Gasteiger partial charge >= 0.3 is 6.36 Å². The van der Waals surface area contributed by atoms with Gasteiger partial charge in [-0.1, -0.05) is 6.07 Å². The SMILES string of the molecule is Cc1ncccc1OCc1c(OC(F)(F)F)cccc1[N+](=O)[O-]. The summed E-state index contributed by atoms with van der Waals surface area (Å²) in [5.41, 5.74) is -0.323.